The van der Waals surface area contributed by atoms with Crippen LogP contribution in [0.4, 0.5) is 14.6 Å². The van der Waals surface area contributed by atoms with Crippen molar-refractivity contribution in [2.45, 2.75) is 36.5 Å². The van der Waals surface area contributed by atoms with Crippen LogP contribution in [0.5, 0.6) is 5.75 Å². The molecule has 156 valence electrons. The lowest BCUT2D eigenvalue weighted by Gasteiger charge is -2.33. The molecule has 2 fully saturated rings. The predicted molar refractivity (Wildman–Crippen MR) is 108 cm³/mol. The van der Waals surface area contributed by atoms with Crippen LogP contribution in [0.1, 0.15) is 31.4 Å². The molecule has 1 aromatic carbocycles. The molecule has 0 atom stereocenters. The molecule has 2 aromatic rings. The van der Waals surface area contributed by atoms with Gasteiger partial charge in [0.25, 0.3) is 0 Å². The highest BCUT2D eigenvalue weighted by Gasteiger charge is 2.55. The van der Waals surface area contributed by atoms with Gasteiger partial charge in [-0.15, -0.1) is 0 Å². The molecule has 0 unspecified atom stereocenters. The maximum Gasteiger partial charge on any atom is 0.167 e. The van der Waals surface area contributed by atoms with Crippen molar-refractivity contribution in [3.63, 3.8) is 0 Å². The van der Waals surface area contributed by atoms with Gasteiger partial charge in [-0.1, -0.05) is 0 Å². The highest BCUT2D eigenvalue weighted by atomic mass is 79.9. The van der Waals surface area contributed by atoms with E-state index in [1.54, 1.807) is 6.20 Å². The third-order valence-corrected chi connectivity index (χ3v) is 8.09. The Bertz CT molecular complexity index is 1040. The smallest absolute Gasteiger partial charge is 0.167 e. The molecule has 1 aromatic heterocycles. The standard InChI is InChI=1S/C19H20BrF2N3O3S/c1-29(26,27)19(6-7-19)16-11-23-18(17(20)24-16)25-8-4-13(5-9-25)28-15-3-2-12(21)10-14(15)22/h2-3,10-11,13H,4-9H2,1H3. The molecule has 29 heavy (non-hydrogen) atoms. The van der Waals surface area contributed by atoms with Crippen molar-refractivity contribution in [3.05, 3.63) is 46.3 Å². The molecular weight excluding hydrogens is 468 g/mol. The molecule has 0 spiro atoms. The fourth-order valence-corrected chi connectivity index (χ4v) is 5.52. The summed E-state index contributed by atoms with van der Waals surface area (Å²) in [4.78, 5) is 11.0. The van der Waals surface area contributed by atoms with Crippen LogP contribution >= 0.6 is 15.9 Å². The number of sulfone groups is 1. The average molecular weight is 488 g/mol. The van der Waals surface area contributed by atoms with Crippen molar-refractivity contribution in [2.24, 2.45) is 0 Å². The number of piperidine rings is 1. The summed E-state index contributed by atoms with van der Waals surface area (Å²) in [6.45, 7) is 1.24. The highest BCUT2D eigenvalue weighted by Crippen LogP contribution is 2.51. The SMILES string of the molecule is CS(=O)(=O)C1(c2cnc(N3CCC(Oc4ccc(F)cc4F)CC3)c(Br)n2)CC1. The van der Waals surface area contributed by atoms with E-state index in [0.717, 1.165) is 6.07 Å². The molecule has 1 aliphatic carbocycles. The minimum absolute atomic E-state index is 0.0469. The monoisotopic (exact) mass is 487 g/mol. The zero-order chi connectivity index (χ0) is 20.8. The van der Waals surface area contributed by atoms with Gasteiger partial charge in [0.15, 0.2) is 27.2 Å². The maximum absolute atomic E-state index is 13.8. The third kappa shape index (κ3) is 3.96. The fourth-order valence-electron chi connectivity index (χ4n) is 3.66. The van der Waals surface area contributed by atoms with Gasteiger partial charge in [0.1, 0.15) is 21.3 Å². The Kier molecular flexibility index (Phi) is 5.27. The van der Waals surface area contributed by atoms with Crippen molar-refractivity contribution >= 4 is 31.6 Å². The maximum atomic E-state index is 13.8. The molecule has 6 nitrogen and oxygen atoms in total. The minimum Gasteiger partial charge on any atom is -0.487 e. The molecule has 0 bridgehead atoms. The predicted octanol–water partition coefficient (Wildman–Crippen LogP) is 3.60. The van der Waals surface area contributed by atoms with Gasteiger partial charge in [0.2, 0.25) is 0 Å². The summed E-state index contributed by atoms with van der Waals surface area (Å²) in [5.74, 6) is -0.660. The highest BCUT2D eigenvalue weighted by molar-refractivity contribution is 9.10. The summed E-state index contributed by atoms with van der Waals surface area (Å²) < 4.78 is 56.3. The second-order valence-corrected chi connectivity index (χ2v) is 10.6. The summed E-state index contributed by atoms with van der Waals surface area (Å²) in [5, 5.41) is 0. The van der Waals surface area contributed by atoms with Crippen molar-refractivity contribution in [3.8, 4) is 5.75 Å². The molecule has 0 amide bonds. The van der Waals surface area contributed by atoms with E-state index in [2.05, 4.69) is 25.9 Å². The number of halogens is 3. The molecule has 0 N–H and O–H groups in total. The quantitative estimate of drug-likeness (QED) is 0.641. The van der Waals surface area contributed by atoms with Crippen molar-refractivity contribution < 1.29 is 21.9 Å². The summed E-state index contributed by atoms with van der Waals surface area (Å²) >= 11 is 3.43. The van der Waals surface area contributed by atoms with Crippen LogP contribution in [0, 0.1) is 11.6 Å². The first-order valence-corrected chi connectivity index (χ1v) is 12.0. The van der Waals surface area contributed by atoms with Crippen molar-refractivity contribution in [1.82, 2.24) is 9.97 Å². The van der Waals surface area contributed by atoms with Crippen LogP contribution < -0.4 is 9.64 Å². The molecule has 0 radical (unpaired) electrons. The Morgan fingerprint density at radius 2 is 1.93 bits per heavy atom. The first-order chi connectivity index (χ1) is 13.7. The molecule has 2 aliphatic rings. The van der Waals surface area contributed by atoms with Crippen LogP contribution in [-0.4, -0.2) is 43.8 Å². The van der Waals surface area contributed by atoms with E-state index in [4.69, 9.17) is 4.74 Å². The van der Waals surface area contributed by atoms with E-state index in [9.17, 15) is 17.2 Å². The van der Waals surface area contributed by atoms with Crippen LogP contribution in [0.3, 0.4) is 0 Å². The van der Waals surface area contributed by atoms with E-state index < -0.39 is 26.2 Å². The van der Waals surface area contributed by atoms with Crippen LogP contribution in [0.25, 0.3) is 0 Å². The summed E-state index contributed by atoms with van der Waals surface area (Å²) in [7, 11) is -3.25. The fraction of sp³-hybridized carbons (Fsp3) is 0.474. The van der Waals surface area contributed by atoms with E-state index in [0.29, 0.717) is 54.9 Å². The topological polar surface area (TPSA) is 72.4 Å². The average Bonchev–Trinajstić information content (AvgIpc) is 3.47. The first-order valence-electron chi connectivity index (χ1n) is 9.29. The Balaban J connectivity index is 1.42. The number of nitrogens with zero attached hydrogens (tertiary/aromatic N) is 3. The lowest BCUT2D eigenvalue weighted by molar-refractivity contribution is 0.163. The largest absolute Gasteiger partial charge is 0.487 e. The van der Waals surface area contributed by atoms with Crippen LogP contribution in [-0.2, 0) is 14.6 Å². The van der Waals surface area contributed by atoms with Gasteiger partial charge in [-0.2, -0.15) is 0 Å². The van der Waals surface area contributed by atoms with Gasteiger partial charge >= 0.3 is 0 Å². The van der Waals surface area contributed by atoms with Crippen LogP contribution in [0.15, 0.2) is 29.0 Å². The van der Waals surface area contributed by atoms with Gasteiger partial charge in [0.05, 0.1) is 11.9 Å². The molecule has 1 saturated carbocycles. The molecule has 4 rings (SSSR count). The third-order valence-electron chi connectivity index (χ3n) is 5.52. The van der Waals surface area contributed by atoms with E-state index in [-0.39, 0.29) is 11.9 Å². The van der Waals surface area contributed by atoms with Crippen LogP contribution in [0.2, 0.25) is 0 Å². The van der Waals surface area contributed by atoms with E-state index in [1.165, 1.54) is 18.4 Å². The molecular formula is C19H20BrF2N3O3S. The van der Waals surface area contributed by atoms with Gasteiger partial charge in [-0.05, 0) is 40.9 Å². The van der Waals surface area contributed by atoms with Gasteiger partial charge in [-0.3, -0.25) is 0 Å². The van der Waals surface area contributed by atoms with Crippen molar-refractivity contribution in [1.29, 1.82) is 0 Å². The normalized spacial score (nSPS) is 19.2. The Morgan fingerprint density at radius 1 is 1.24 bits per heavy atom. The first kappa shape index (κ1) is 20.5. The molecule has 2 heterocycles. The van der Waals surface area contributed by atoms with Gasteiger partial charge in [0, 0.05) is 38.3 Å². The summed E-state index contributed by atoms with van der Waals surface area (Å²) in [5.41, 5.74) is 0.473. The van der Waals surface area contributed by atoms with E-state index in [1.807, 2.05) is 4.90 Å². The van der Waals surface area contributed by atoms with Gasteiger partial charge in [-0.25, -0.2) is 27.2 Å². The molecule has 10 heteroatoms. The molecule has 1 aliphatic heterocycles. The van der Waals surface area contributed by atoms with E-state index >= 15 is 0 Å². The van der Waals surface area contributed by atoms with Gasteiger partial charge < -0.3 is 9.64 Å². The second-order valence-electron chi connectivity index (χ2n) is 7.52. The number of rotatable bonds is 5. The number of ether oxygens (including phenoxy) is 1. The lowest BCUT2D eigenvalue weighted by atomic mass is 10.1. The number of hydrogen-bond donors (Lipinski definition) is 0. The zero-order valence-electron chi connectivity index (χ0n) is 15.7. The zero-order valence-corrected chi connectivity index (χ0v) is 18.1. The number of benzene rings is 1. The second kappa shape index (κ2) is 7.46. The Hall–Kier alpha value is -1.81. The minimum atomic E-state index is -3.25. The Morgan fingerprint density at radius 3 is 2.48 bits per heavy atom. The number of hydrogen-bond acceptors (Lipinski definition) is 6. The molecule has 1 saturated heterocycles. The summed E-state index contributed by atoms with van der Waals surface area (Å²) in [6, 6.07) is 3.28. The lowest BCUT2D eigenvalue weighted by Crippen LogP contribution is -2.39. The number of anilines is 1. The summed E-state index contributed by atoms with van der Waals surface area (Å²) in [6.07, 6.45) is 5.00. The Labute approximate surface area is 176 Å². The number of aromatic nitrogens is 2. The van der Waals surface area contributed by atoms with Crippen molar-refractivity contribution in [2.75, 3.05) is 24.2 Å².